The molecule has 2 rings (SSSR count). The summed E-state index contributed by atoms with van der Waals surface area (Å²) in [5.41, 5.74) is 1.06. The molecule has 1 aromatic carbocycles. The van der Waals surface area contributed by atoms with Crippen molar-refractivity contribution in [2.45, 2.75) is 12.1 Å². The summed E-state index contributed by atoms with van der Waals surface area (Å²) in [6, 6.07) is 8.03. The number of hydrogen-bond donors (Lipinski definition) is 2. The Bertz CT molecular complexity index is 319. The lowest BCUT2D eigenvalue weighted by Crippen LogP contribution is -2.32. The highest BCUT2D eigenvalue weighted by atomic mass is 127. The van der Waals surface area contributed by atoms with E-state index < -0.39 is 6.10 Å². The first kappa shape index (κ1) is 10.2. The third-order valence-corrected chi connectivity index (χ3v) is 3.21. The summed E-state index contributed by atoms with van der Waals surface area (Å²) >= 11 is 2.27. The van der Waals surface area contributed by atoms with E-state index in [4.69, 9.17) is 4.74 Å². The summed E-state index contributed by atoms with van der Waals surface area (Å²) in [5.74, 6) is 0. The Hall–Kier alpha value is -0.330. The zero-order chi connectivity index (χ0) is 9.97. The van der Waals surface area contributed by atoms with E-state index in [1.54, 1.807) is 0 Å². The highest BCUT2D eigenvalue weighted by Crippen LogP contribution is 2.20. The number of anilines is 1. The number of nitrogens with one attached hydrogen (secondary N) is 1. The van der Waals surface area contributed by atoms with Crippen molar-refractivity contribution in [2.24, 2.45) is 0 Å². The highest BCUT2D eigenvalue weighted by molar-refractivity contribution is 14.1. The molecule has 0 radical (unpaired) electrons. The van der Waals surface area contributed by atoms with E-state index in [9.17, 15) is 5.11 Å². The van der Waals surface area contributed by atoms with Gasteiger partial charge in [-0.25, -0.2) is 0 Å². The molecular formula is C10H12INO2. The maximum Gasteiger partial charge on any atom is 0.0996 e. The normalized spacial score (nSPS) is 26.4. The van der Waals surface area contributed by atoms with E-state index in [1.165, 1.54) is 0 Å². The first-order valence-corrected chi connectivity index (χ1v) is 5.62. The highest BCUT2D eigenvalue weighted by Gasteiger charge is 2.26. The number of hydrogen-bond acceptors (Lipinski definition) is 3. The van der Waals surface area contributed by atoms with Gasteiger partial charge in [0.15, 0.2) is 0 Å². The van der Waals surface area contributed by atoms with Gasteiger partial charge < -0.3 is 15.2 Å². The molecule has 2 N–H and O–H groups in total. The van der Waals surface area contributed by atoms with Crippen LogP contribution in [0.15, 0.2) is 24.3 Å². The Morgan fingerprint density at radius 2 is 2.14 bits per heavy atom. The average Bonchev–Trinajstić information content (AvgIpc) is 2.56. The van der Waals surface area contributed by atoms with Crippen LogP contribution < -0.4 is 5.32 Å². The molecule has 1 aromatic rings. The molecule has 1 fully saturated rings. The Morgan fingerprint density at radius 1 is 1.36 bits per heavy atom. The maximum atomic E-state index is 9.55. The second-order valence-corrected chi connectivity index (χ2v) is 4.50. The van der Waals surface area contributed by atoms with Crippen LogP contribution in [0.1, 0.15) is 0 Å². The van der Waals surface area contributed by atoms with Crippen molar-refractivity contribution in [2.75, 3.05) is 18.5 Å². The van der Waals surface area contributed by atoms with Crippen LogP contribution in [-0.2, 0) is 4.74 Å². The quantitative estimate of drug-likeness (QED) is 0.813. The van der Waals surface area contributed by atoms with Crippen LogP contribution in [0, 0.1) is 3.57 Å². The van der Waals surface area contributed by atoms with Crippen LogP contribution in [0.25, 0.3) is 0 Å². The molecule has 0 spiro atoms. The summed E-state index contributed by atoms with van der Waals surface area (Å²) in [6.07, 6.45) is -0.397. The Kier molecular flexibility index (Phi) is 3.25. The van der Waals surface area contributed by atoms with Gasteiger partial charge in [-0.05, 0) is 34.7 Å². The van der Waals surface area contributed by atoms with Crippen molar-refractivity contribution < 1.29 is 9.84 Å². The smallest absolute Gasteiger partial charge is 0.0996 e. The van der Waals surface area contributed by atoms with Crippen LogP contribution in [0.2, 0.25) is 0 Å². The van der Waals surface area contributed by atoms with E-state index in [0.29, 0.717) is 13.2 Å². The minimum Gasteiger partial charge on any atom is -0.388 e. The van der Waals surface area contributed by atoms with Crippen LogP contribution >= 0.6 is 22.6 Å². The van der Waals surface area contributed by atoms with E-state index in [-0.39, 0.29) is 6.04 Å². The molecule has 4 heteroatoms. The molecule has 1 aliphatic rings. The lowest BCUT2D eigenvalue weighted by atomic mass is 10.2. The zero-order valence-corrected chi connectivity index (χ0v) is 9.77. The molecule has 76 valence electrons. The molecule has 14 heavy (non-hydrogen) atoms. The van der Waals surface area contributed by atoms with Crippen LogP contribution in [0.5, 0.6) is 0 Å². The number of aliphatic hydroxyl groups excluding tert-OH is 1. The number of ether oxygens (including phenoxy) is 1. The molecule has 0 amide bonds. The number of rotatable bonds is 2. The van der Waals surface area contributed by atoms with E-state index in [2.05, 4.69) is 27.9 Å². The van der Waals surface area contributed by atoms with Crippen LogP contribution in [0.3, 0.4) is 0 Å². The lowest BCUT2D eigenvalue weighted by Gasteiger charge is -2.16. The van der Waals surface area contributed by atoms with E-state index >= 15 is 0 Å². The number of aliphatic hydroxyl groups is 1. The molecule has 3 nitrogen and oxygen atoms in total. The second-order valence-electron chi connectivity index (χ2n) is 3.34. The van der Waals surface area contributed by atoms with Gasteiger partial charge in [-0.1, -0.05) is 12.1 Å². The molecule has 0 bridgehead atoms. The van der Waals surface area contributed by atoms with Gasteiger partial charge in [0.05, 0.1) is 25.4 Å². The van der Waals surface area contributed by atoms with Gasteiger partial charge in [0, 0.05) is 9.26 Å². The third-order valence-electron chi connectivity index (χ3n) is 2.27. The molecule has 0 aliphatic carbocycles. The molecule has 0 aromatic heterocycles. The minimum absolute atomic E-state index is 0.0194. The first-order valence-electron chi connectivity index (χ1n) is 4.54. The summed E-state index contributed by atoms with van der Waals surface area (Å²) < 4.78 is 6.32. The van der Waals surface area contributed by atoms with Crippen molar-refractivity contribution in [3.63, 3.8) is 0 Å². The van der Waals surface area contributed by atoms with E-state index in [0.717, 1.165) is 9.26 Å². The minimum atomic E-state index is -0.397. The van der Waals surface area contributed by atoms with Gasteiger partial charge in [-0.15, -0.1) is 0 Å². The van der Waals surface area contributed by atoms with Crippen molar-refractivity contribution in [1.82, 2.24) is 0 Å². The topological polar surface area (TPSA) is 41.5 Å². The van der Waals surface area contributed by atoms with Gasteiger partial charge in [0.2, 0.25) is 0 Å². The largest absolute Gasteiger partial charge is 0.388 e. The monoisotopic (exact) mass is 305 g/mol. The fourth-order valence-corrected chi connectivity index (χ4v) is 2.00. The number of halogens is 1. The summed E-state index contributed by atoms with van der Waals surface area (Å²) in [6.45, 7) is 1.01. The maximum absolute atomic E-state index is 9.55. The van der Waals surface area contributed by atoms with Crippen molar-refractivity contribution >= 4 is 28.3 Å². The molecular weight excluding hydrogens is 293 g/mol. The van der Waals surface area contributed by atoms with Crippen LogP contribution in [-0.4, -0.2) is 30.5 Å². The molecule has 1 heterocycles. The van der Waals surface area contributed by atoms with E-state index in [1.807, 2.05) is 24.3 Å². The molecule has 1 saturated heterocycles. The van der Waals surface area contributed by atoms with Gasteiger partial charge in [-0.3, -0.25) is 0 Å². The predicted molar refractivity (Wildman–Crippen MR) is 63.4 cm³/mol. The second kappa shape index (κ2) is 4.46. The van der Waals surface area contributed by atoms with Gasteiger partial charge in [-0.2, -0.15) is 0 Å². The molecule has 2 atom stereocenters. The number of para-hydroxylation sites is 1. The summed E-state index contributed by atoms with van der Waals surface area (Å²) in [5, 5.41) is 12.8. The summed E-state index contributed by atoms with van der Waals surface area (Å²) in [7, 11) is 0. The standard InChI is InChI=1S/C10H12INO2/c11-7-3-1-2-4-8(7)12-9-5-14-6-10(9)13/h1-4,9-10,12-13H,5-6H2. The predicted octanol–water partition coefficient (Wildman–Crippen LogP) is 1.46. The van der Waals surface area contributed by atoms with Crippen molar-refractivity contribution in [3.05, 3.63) is 27.8 Å². The zero-order valence-electron chi connectivity index (χ0n) is 7.61. The molecule has 0 saturated carbocycles. The Morgan fingerprint density at radius 3 is 2.79 bits per heavy atom. The average molecular weight is 305 g/mol. The van der Waals surface area contributed by atoms with Gasteiger partial charge in [0.1, 0.15) is 0 Å². The SMILES string of the molecule is OC1COCC1Nc1ccccc1I. The molecule has 1 aliphatic heterocycles. The fourth-order valence-electron chi connectivity index (χ4n) is 1.46. The molecule has 2 unspecified atom stereocenters. The third kappa shape index (κ3) is 2.18. The van der Waals surface area contributed by atoms with Gasteiger partial charge in [0.25, 0.3) is 0 Å². The summed E-state index contributed by atoms with van der Waals surface area (Å²) in [4.78, 5) is 0. The Labute approximate surface area is 96.6 Å². The fraction of sp³-hybridized carbons (Fsp3) is 0.400. The van der Waals surface area contributed by atoms with Crippen molar-refractivity contribution in [3.8, 4) is 0 Å². The van der Waals surface area contributed by atoms with Crippen LogP contribution in [0.4, 0.5) is 5.69 Å². The lowest BCUT2D eigenvalue weighted by molar-refractivity contribution is 0.125. The first-order chi connectivity index (χ1) is 6.77. The Balaban J connectivity index is 2.07. The van der Waals surface area contributed by atoms with Crippen molar-refractivity contribution in [1.29, 1.82) is 0 Å². The number of benzene rings is 1. The van der Waals surface area contributed by atoms with Gasteiger partial charge >= 0.3 is 0 Å².